The van der Waals surface area contributed by atoms with Crippen molar-refractivity contribution in [2.75, 3.05) is 0 Å². The molecule has 82 valence electrons. The van der Waals surface area contributed by atoms with Gasteiger partial charge in [-0.25, -0.2) is 4.39 Å². The van der Waals surface area contributed by atoms with Crippen molar-refractivity contribution in [2.45, 2.75) is 6.54 Å². The number of nitrogen functional groups attached to an aromatic ring is 1. The Hall–Kier alpha value is -2.17. The topological polar surface area (TPSA) is 67.7 Å². The summed E-state index contributed by atoms with van der Waals surface area (Å²) in [6, 6.07) is 8.15. The molecule has 0 aliphatic heterocycles. The lowest BCUT2D eigenvalue weighted by Gasteiger charge is -2.02. The smallest absolute Gasteiger partial charge is 0.143 e. The van der Waals surface area contributed by atoms with Crippen LogP contribution >= 0.6 is 0 Å². The molecule has 1 aromatic carbocycles. The standard InChI is InChI=1S/C11H11FN4/c12-9-4-2-1-3-8(9)7-16-6-5-10(15-16)11(13)14/h1-6H,7H2,(H3,13,14). The zero-order valence-corrected chi connectivity index (χ0v) is 8.52. The maximum absolute atomic E-state index is 13.3. The summed E-state index contributed by atoms with van der Waals surface area (Å²) in [6.45, 7) is 0.333. The van der Waals surface area contributed by atoms with Crippen LogP contribution in [0.1, 0.15) is 11.3 Å². The van der Waals surface area contributed by atoms with Gasteiger partial charge in [0.25, 0.3) is 0 Å². The summed E-state index contributed by atoms with van der Waals surface area (Å²) in [6.07, 6.45) is 1.67. The molecule has 1 heterocycles. The van der Waals surface area contributed by atoms with Gasteiger partial charge in [-0.15, -0.1) is 0 Å². The first-order chi connectivity index (χ1) is 7.66. The molecule has 0 unspecified atom stereocenters. The Balaban J connectivity index is 2.21. The molecule has 0 fully saturated rings. The fraction of sp³-hybridized carbons (Fsp3) is 0.0909. The maximum Gasteiger partial charge on any atom is 0.143 e. The van der Waals surface area contributed by atoms with Gasteiger partial charge in [0.15, 0.2) is 0 Å². The van der Waals surface area contributed by atoms with E-state index in [1.807, 2.05) is 0 Å². The molecule has 3 N–H and O–H groups in total. The van der Waals surface area contributed by atoms with Crippen molar-refractivity contribution in [3.05, 3.63) is 53.6 Å². The lowest BCUT2D eigenvalue weighted by Crippen LogP contribution is -2.13. The third-order valence-electron chi connectivity index (χ3n) is 2.21. The SMILES string of the molecule is N=C(N)c1ccn(Cc2ccccc2F)n1. The minimum atomic E-state index is -0.262. The van der Waals surface area contributed by atoms with Crippen LogP contribution in [-0.2, 0) is 6.54 Å². The Morgan fingerprint density at radius 3 is 2.75 bits per heavy atom. The van der Waals surface area contributed by atoms with Crippen molar-refractivity contribution >= 4 is 5.84 Å². The number of nitrogens with one attached hydrogen (secondary N) is 1. The van der Waals surface area contributed by atoms with Gasteiger partial charge in [0, 0.05) is 11.8 Å². The van der Waals surface area contributed by atoms with Crippen LogP contribution in [0, 0.1) is 11.2 Å². The zero-order valence-electron chi connectivity index (χ0n) is 8.52. The summed E-state index contributed by atoms with van der Waals surface area (Å²) < 4.78 is 14.9. The van der Waals surface area contributed by atoms with E-state index < -0.39 is 0 Å². The van der Waals surface area contributed by atoms with Crippen LogP contribution in [0.4, 0.5) is 4.39 Å². The molecule has 2 aromatic rings. The van der Waals surface area contributed by atoms with Gasteiger partial charge in [-0.3, -0.25) is 10.1 Å². The fourth-order valence-electron chi connectivity index (χ4n) is 1.39. The lowest BCUT2D eigenvalue weighted by molar-refractivity contribution is 0.585. The van der Waals surface area contributed by atoms with Crippen molar-refractivity contribution < 1.29 is 4.39 Å². The summed E-state index contributed by atoms with van der Waals surface area (Å²) in [4.78, 5) is 0. The summed E-state index contributed by atoms with van der Waals surface area (Å²) in [5.41, 5.74) is 6.24. The van der Waals surface area contributed by atoms with Crippen LogP contribution in [-0.4, -0.2) is 15.6 Å². The van der Waals surface area contributed by atoms with Crippen molar-refractivity contribution in [1.29, 1.82) is 5.41 Å². The molecule has 16 heavy (non-hydrogen) atoms. The number of halogens is 1. The highest BCUT2D eigenvalue weighted by Crippen LogP contribution is 2.08. The number of nitrogens with two attached hydrogens (primary N) is 1. The number of amidine groups is 1. The summed E-state index contributed by atoms with van der Waals surface area (Å²) in [5, 5.41) is 11.2. The van der Waals surface area contributed by atoms with Crippen molar-refractivity contribution in [3.63, 3.8) is 0 Å². The third kappa shape index (κ3) is 2.08. The number of aromatic nitrogens is 2. The molecule has 0 aliphatic rings. The summed E-state index contributed by atoms with van der Waals surface area (Å²) >= 11 is 0. The summed E-state index contributed by atoms with van der Waals surface area (Å²) in [7, 11) is 0. The second-order valence-corrected chi connectivity index (χ2v) is 3.40. The van der Waals surface area contributed by atoms with Gasteiger partial charge < -0.3 is 5.73 Å². The monoisotopic (exact) mass is 218 g/mol. The Morgan fingerprint density at radius 2 is 2.12 bits per heavy atom. The molecular weight excluding hydrogens is 207 g/mol. The van der Waals surface area contributed by atoms with Crippen molar-refractivity contribution in [3.8, 4) is 0 Å². The van der Waals surface area contributed by atoms with E-state index in [0.717, 1.165) is 0 Å². The molecule has 0 aliphatic carbocycles. The molecule has 4 nitrogen and oxygen atoms in total. The zero-order chi connectivity index (χ0) is 11.5. The maximum atomic E-state index is 13.3. The minimum Gasteiger partial charge on any atom is -0.382 e. The first-order valence-electron chi connectivity index (χ1n) is 4.78. The highest BCUT2D eigenvalue weighted by Gasteiger charge is 2.04. The van der Waals surface area contributed by atoms with Crippen LogP contribution in [0.3, 0.4) is 0 Å². The number of nitrogens with zero attached hydrogens (tertiary/aromatic N) is 2. The Kier molecular flexibility index (Phi) is 2.68. The van der Waals surface area contributed by atoms with Crippen LogP contribution in [0.25, 0.3) is 0 Å². The molecule has 0 atom stereocenters. The summed E-state index contributed by atoms with van der Waals surface area (Å²) in [5.74, 6) is -0.352. The predicted octanol–water partition coefficient (Wildman–Crippen LogP) is 1.35. The second-order valence-electron chi connectivity index (χ2n) is 3.40. The van der Waals surface area contributed by atoms with E-state index in [-0.39, 0.29) is 11.7 Å². The molecule has 2 rings (SSSR count). The fourth-order valence-corrected chi connectivity index (χ4v) is 1.39. The number of hydrogen-bond acceptors (Lipinski definition) is 2. The van der Waals surface area contributed by atoms with E-state index in [4.69, 9.17) is 11.1 Å². The van der Waals surface area contributed by atoms with Crippen LogP contribution < -0.4 is 5.73 Å². The van der Waals surface area contributed by atoms with Crippen molar-refractivity contribution in [2.24, 2.45) is 5.73 Å². The number of benzene rings is 1. The van der Waals surface area contributed by atoms with Gasteiger partial charge in [-0.1, -0.05) is 18.2 Å². The van der Waals surface area contributed by atoms with Gasteiger partial charge in [0.1, 0.15) is 17.3 Å². The van der Waals surface area contributed by atoms with Crippen LogP contribution in [0.15, 0.2) is 36.5 Å². The quantitative estimate of drug-likeness (QED) is 0.603. The second kappa shape index (κ2) is 4.14. The van der Waals surface area contributed by atoms with E-state index in [1.165, 1.54) is 6.07 Å². The molecule has 0 radical (unpaired) electrons. The first kappa shape index (κ1) is 10.4. The average Bonchev–Trinajstić information content (AvgIpc) is 2.70. The van der Waals surface area contributed by atoms with Gasteiger partial charge in [0.05, 0.1) is 6.54 Å². The molecule has 0 saturated heterocycles. The minimum absolute atomic E-state index is 0.0905. The average molecular weight is 218 g/mol. The molecule has 0 bridgehead atoms. The van der Waals surface area contributed by atoms with Gasteiger partial charge in [-0.05, 0) is 12.1 Å². The lowest BCUT2D eigenvalue weighted by atomic mass is 10.2. The van der Waals surface area contributed by atoms with E-state index in [2.05, 4.69) is 5.10 Å². The highest BCUT2D eigenvalue weighted by molar-refractivity contribution is 5.92. The normalized spacial score (nSPS) is 10.3. The van der Waals surface area contributed by atoms with E-state index in [9.17, 15) is 4.39 Å². The first-order valence-corrected chi connectivity index (χ1v) is 4.78. The Labute approximate surface area is 92.0 Å². The van der Waals surface area contributed by atoms with Gasteiger partial charge >= 0.3 is 0 Å². The molecule has 0 amide bonds. The van der Waals surface area contributed by atoms with Gasteiger partial charge in [-0.2, -0.15) is 5.10 Å². The van der Waals surface area contributed by atoms with E-state index in [1.54, 1.807) is 35.1 Å². The van der Waals surface area contributed by atoms with E-state index in [0.29, 0.717) is 17.8 Å². The van der Waals surface area contributed by atoms with Gasteiger partial charge in [0.2, 0.25) is 0 Å². The third-order valence-corrected chi connectivity index (χ3v) is 2.21. The molecule has 0 spiro atoms. The number of hydrogen-bond donors (Lipinski definition) is 2. The van der Waals surface area contributed by atoms with E-state index >= 15 is 0 Å². The molecular formula is C11H11FN4. The molecule has 5 heteroatoms. The largest absolute Gasteiger partial charge is 0.382 e. The molecule has 0 saturated carbocycles. The Morgan fingerprint density at radius 1 is 1.38 bits per heavy atom. The predicted molar refractivity (Wildman–Crippen MR) is 58.7 cm³/mol. The Bertz CT molecular complexity index is 518. The van der Waals surface area contributed by atoms with Crippen LogP contribution in [0.5, 0.6) is 0 Å². The molecule has 1 aromatic heterocycles. The van der Waals surface area contributed by atoms with Crippen molar-refractivity contribution in [1.82, 2.24) is 9.78 Å². The highest BCUT2D eigenvalue weighted by atomic mass is 19.1. The van der Waals surface area contributed by atoms with Crippen LogP contribution in [0.2, 0.25) is 0 Å². The number of rotatable bonds is 3.